The Balaban J connectivity index is 3.15. The number of hydrogen-bond acceptors (Lipinski definition) is 2. The Kier molecular flexibility index (Phi) is 3.70. The largest absolute Gasteiger partial charge is 0.387 e. The molecule has 0 aliphatic carbocycles. The van der Waals surface area contributed by atoms with Crippen molar-refractivity contribution < 1.29 is 5.11 Å². The third-order valence-electron chi connectivity index (χ3n) is 2.36. The molecule has 2 nitrogen and oxygen atoms in total. The second-order valence-corrected chi connectivity index (χ2v) is 4.62. The van der Waals surface area contributed by atoms with Crippen LogP contribution in [-0.4, -0.2) is 11.1 Å². The minimum atomic E-state index is -0.582. The molecule has 1 rings (SSSR count). The predicted molar refractivity (Wildman–Crippen MR) is 62.2 cm³/mol. The van der Waals surface area contributed by atoms with E-state index in [-0.39, 0.29) is 6.04 Å². The number of benzene rings is 1. The molecule has 78 valence electrons. The first-order valence-electron chi connectivity index (χ1n) is 4.63. The molecular weight excluding hydrogens is 242 g/mol. The van der Waals surface area contributed by atoms with Gasteiger partial charge < -0.3 is 10.8 Å². The standard InChI is InChI=1S/C11H16BrNO/c1-6-5-10(12)7(2)4-9(6)11(14)8(3)13/h4-5,8,11,14H,13H2,1-3H3/t8-,11-/m1/s1. The van der Waals surface area contributed by atoms with E-state index in [1.807, 2.05) is 32.9 Å². The third kappa shape index (κ3) is 2.35. The molecular formula is C11H16BrNO. The van der Waals surface area contributed by atoms with Crippen molar-refractivity contribution in [2.75, 3.05) is 0 Å². The third-order valence-corrected chi connectivity index (χ3v) is 3.22. The van der Waals surface area contributed by atoms with Crippen LogP contribution >= 0.6 is 15.9 Å². The smallest absolute Gasteiger partial charge is 0.0940 e. The molecule has 0 amide bonds. The summed E-state index contributed by atoms with van der Waals surface area (Å²) in [6.07, 6.45) is -0.582. The van der Waals surface area contributed by atoms with Crippen LogP contribution in [0.5, 0.6) is 0 Å². The summed E-state index contributed by atoms with van der Waals surface area (Å²) < 4.78 is 1.07. The van der Waals surface area contributed by atoms with Crippen LogP contribution in [0, 0.1) is 13.8 Å². The Hall–Kier alpha value is -0.380. The predicted octanol–water partition coefficient (Wildman–Crippen LogP) is 2.45. The molecule has 0 bridgehead atoms. The molecule has 14 heavy (non-hydrogen) atoms. The zero-order chi connectivity index (χ0) is 10.9. The van der Waals surface area contributed by atoms with Gasteiger partial charge in [-0.05, 0) is 43.5 Å². The van der Waals surface area contributed by atoms with Crippen LogP contribution in [-0.2, 0) is 0 Å². The fourth-order valence-corrected chi connectivity index (χ4v) is 1.86. The van der Waals surface area contributed by atoms with Crippen LogP contribution in [0.15, 0.2) is 16.6 Å². The van der Waals surface area contributed by atoms with Crippen molar-refractivity contribution >= 4 is 15.9 Å². The normalized spacial score (nSPS) is 15.3. The minimum absolute atomic E-state index is 0.241. The summed E-state index contributed by atoms with van der Waals surface area (Å²) in [7, 11) is 0. The number of rotatable bonds is 2. The van der Waals surface area contributed by atoms with Gasteiger partial charge in [-0.1, -0.05) is 22.0 Å². The average Bonchev–Trinajstić information content (AvgIpc) is 2.10. The molecule has 2 atom stereocenters. The maximum Gasteiger partial charge on any atom is 0.0940 e. The first-order valence-corrected chi connectivity index (χ1v) is 5.43. The van der Waals surface area contributed by atoms with Crippen LogP contribution in [0.3, 0.4) is 0 Å². The van der Waals surface area contributed by atoms with Gasteiger partial charge in [0.15, 0.2) is 0 Å². The molecule has 1 aromatic carbocycles. The van der Waals surface area contributed by atoms with E-state index in [0.29, 0.717) is 0 Å². The second-order valence-electron chi connectivity index (χ2n) is 3.76. The summed E-state index contributed by atoms with van der Waals surface area (Å²) in [5.74, 6) is 0. The van der Waals surface area contributed by atoms with Crippen molar-refractivity contribution in [2.45, 2.75) is 32.9 Å². The van der Waals surface area contributed by atoms with Crippen LogP contribution in [0.25, 0.3) is 0 Å². The van der Waals surface area contributed by atoms with Crippen LogP contribution in [0.4, 0.5) is 0 Å². The fraction of sp³-hybridized carbons (Fsp3) is 0.455. The number of hydrogen-bond donors (Lipinski definition) is 2. The van der Waals surface area contributed by atoms with Gasteiger partial charge in [-0.25, -0.2) is 0 Å². The van der Waals surface area contributed by atoms with Gasteiger partial charge in [0, 0.05) is 10.5 Å². The molecule has 0 heterocycles. The zero-order valence-electron chi connectivity index (χ0n) is 8.71. The van der Waals surface area contributed by atoms with E-state index in [4.69, 9.17) is 5.73 Å². The quantitative estimate of drug-likeness (QED) is 0.855. The van der Waals surface area contributed by atoms with Crippen LogP contribution in [0.1, 0.15) is 29.7 Å². The summed E-state index contributed by atoms with van der Waals surface area (Å²) in [4.78, 5) is 0. The number of aliphatic hydroxyl groups is 1. The van der Waals surface area contributed by atoms with E-state index in [1.165, 1.54) is 0 Å². The van der Waals surface area contributed by atoms with Crippen molar-refractivity contribution in [1.29, 1.82) is 0 Å². The fourth-order valence-electron chi connectivity index (χ4n) is 1.41. The van der Waals surface area contributed by atoms with E-state index in [0.717, 1.165) is 21.2 Å². The molecule has 3 heteroatoms. The van der Waals surface area contributed by atoms with E-state index < -0.39 is 6.10 Å². The zero-order valence-corrected chi connectivity index (χ0v) is 10.3. The molecule has 0 saturated heterocycles. The molecule has 0 aliphatic heterocycles. The van der Waals surface area contributed by atoms with Gasteiger partial charge >= 0.3 is 0 Å². The molecule has 0 aliphatic rings. The van der Waals surface area contributed by atoms with Crippen molar-refractivity contribution in [3.05, 3.63) is 33.3 Å². The highest BCUT2D eigenvalue weighted by Crippen LogP contribution is 2.26. The summed E-state index contributed by atoms with van der Waals surface area (Å²) in [5.41, 5.74) is 8.76. The summed E-state index contributed by atoms with van der Waals surface area (Å²) in [5, 5.41) is 9.85. The lowest BCUT2D eigenvalue weighted by atomic mass is 9.97. The van der Waals surface area contributed by atoms with Crippen molar-refractivity contribution in [3.8, 4) is 0 Å². The lowest BCUT2D eigenvalue weighted by Gasteiger charge is -2.18. The van der Waals surface area contributed by atoms with Crippen LogP contribution < -0.4 is 5.73 Å². The number of aliphatic hydroxyl groups excluding tert-OH is 1. The molecule has 0 radical (unpaired) electrons. The van der Waals surface area contributed by atoms with Gasteiger partial charge in [0.1, 0.15) is 0 Å². The highest BCUT2D eigenvalue weighted by Gasteiger charge is 2.15. The van der Waals surface area contributed by atoms with E-state index in [2.05, 4.69) is 15.9 Å². The Bertz CT molecular complexity index is 336. The van der Waals surface area contributed by atoms with Gasteiger partial charge in [-0.2, -0.15) is 0 Å². The average molecular weight is 258 g/mol. The van der Waals surface area contributed by atoms with Crippen molar-refractivity contribution in [3.63, 3.8) is 0 Å². The first kappa shape index (κ1) is 11.7. The van der Waals surface area contributed by atoms with Crippen molar-refractivity contribution in [2.24, 2.45) is 5.73 Å². The van der Waals surface area contributed by atoms with Crippen molar-refractivity contribution in [1.82, 2.24) is 0 Å². The minimum Gasteiger partial charge on any atom is -0.387 e. The topological polar surface area (TPSA) is 46.2 Å². The summed E-state index contributed by atoms with van der Waals surface area (Å²) in [6, 6.07) is 3.75. The molecule has 0 saturated carbocycles. The molecule has 1 aromatic rings. The number of halogens is 1. The Morgan fingerprint density at radius 1 is 1.29 bits per heavy atom. The molecule has 0 aromatic heterocycles. The Labute approximate surface area is 93.3 Å². The van der Waals surface area contributed by atoms with Gasteiger partial charge in [-0.3, -0.25) is 0 Å². The molecule has 0 unspecified atom stereocenters. The van der Waals surface area contributed by atoms with Gasteiger partial charge in [0.2, 0.25) is 0 Å². The molecule has 0 spiro atoms. The first-order chi connectivity index (χ1) is 6.43. The van der Waals surface area contributed by atoms with Gasteiger partial charge in [0.25, 0.3) is 0 Å². The highest BCUT2D eigenvalue weighted by atomic mass is 79.9. The monoisotopic (exact) mass is 257 g/mol. The van der Waals surface area contributed by atoms with Gasteiger partial charge in [-0.15, -0.1) is 0 Å². The highest BCUT2D eigenvalue weighted by molar-refractivity contribution is 9.10. The molecule has 3 N–H and O–H groups in total. The molecule has 0 fully saturated rings. The lowest BCUT2D eigenvalue weighted by molar-refractivity contribution is 0.152. The Morgan fingerprint density at radius 3 is 2.36 bits per heavy atom. The maximum absolute atomic E-state index is 9.85. The lowest BCUT2D eigenvalue weighted by Crippen LogP contribution is -2.25. The second kappa shape index (κ2) is 4.43. The SMILES string of the molecule is Cc1cc([C@H](O)[C@@H](C)N)c(C)cc1Br. The van der Waals surface area contributed by atoms with E-state index in [9.17, 15) is 5.11 Å². The maximum atomic E-state index is 9.85. The Morgan fingerprint density at radius 2 is 1.86 bits per heavy atom. The van der Waals surface area contributed by atoms with Crippen LogP contribution in [0.2, 0.25) is 0 Å². The summed E-state index contributed by atoms with van der Waals surface area (Å²) >= 11 is 3.45. The van der Waals surface area contributed by atoms with E-state index in [1.54, 1.807) is 0 Å². The number of nitrogens with two attached hydrogens (primary N) is 1. The summed E-state index contributed by atoms with van der Waals surface area (Å²) in [6.45, 7) is 5.79. The van der Waals surface area contributed by atoms with Gasteiger partial charge in [0.05, 0.1) is 6.10 Å². The number of aryl methyl sites for hydroxylation is 2. The van der Waals surface area contributed by atoms with E-state index >= 15 is 0 Å².